The quantitative estimate of drug-likeness (QED) is 0.850. The molecule has 0 aliphatic carbocycles. The molecule has 0 saturated carbocycles. The van der Waals surface area contributed by atoms with Crippen LogP contribution in [0, 0.1) is 24.4 Å². The summed E-state index contributed by atoms with van der Waals surface area (Å²) in [6, 6.07) is 0.607. The number of carbonyl (C=O) groups is 1. The van der Waals surface area contributed by atoms with Gasteiger partial charge in [0.05, 0.1) is 10.9 Å². The van der Waals surface area contributed by atoms with Crippen molar-refractivity contribution in [2.45, 2.75) is 19.8 Å². The van der Waals surface area contributed by atoms with E-state index < -0.39 is 34.4 Å². The molecule has 0 fully saturated rings. The number of aryl methyl sites for hydroxylation is 1. The summed E-state index contributed by atoms with van der Waals surface area (Å²) >= 11 is 0. The lowest BCUT2D eigenvalue weighted by atomic mass is 10.0. The molecule has 1 aromatic heterocycles. The van der Waals surface area contributed by atoms with Crippen molar-refractivity contribution in [1.82, 2.24) is 4.98 Å². The summed E-state index contributed by atoms with van der Waals surface area (Å²) in [6.07, 6.45) is -0.366. The lowest BCUT2D eigenvalue weighted by Gasteiger charge is -2.08. The number of hydrogen-bond acceptors (Lipinski definition) is 2. The lowest BCUT2D eigenvalue weighted by molar-refractivity contribution is -0.136. The highest BCUT2D eigenvalue weighted by Gasteiger charge is 2.18. The van der Waals surface area contributed by atoms with E-state index in [2.05, 4.69) is 4.98 Å². The van der Waals surface area contributed by atoms with E-state index in [0.29, 0.717) is 6.07 Å². The number of hydrogen-bond donors (Lipinski definition) is 2. The normalized spacial score (nSPS) is 11.0. The molecule has 0 atom stereocenters. The highest BCUT2D eigenvalue weighted by molar-refractivity contribution is 5.80. The van der Waals surface area contributed by atoms with Gasteiger partial charge in [0.25, 0.3) is 0 Å². The average molecular weight is 285 g/mol. The third-order valence-corrected chi connectivity index (χ3v) is 3.04. The van der Waals surface area contributed by atoms with Crippen LogP contribution in [0.1, 0.15) is 17.7 Å². The number of benzene rings is 1. The van der Waals surface area contributed by atoms with Crippen LogP contribution < -0.4 is 5.43 Å². The van der Waals surface area contributed by atoms with Gasteiger partial charge in [-0.25, -0.2) is 13.2 Å². The van der Waals surface area contributed by atoms with Gasteiger partial charge in [0.2, 0.25) is 0 Å². The molecular formula is C13H10F3NO3. The minimum Gasteiger partial charge on any atom is -0.481 e. The fourth-order valence-electron chi connectivity index (χ4n) is 2.03. The molecule has 0 spiro atoms. The second-order valence-electron chi connectivity index (χ2n) is 4.36. The number of aromatic nitrogens is 1. The SMILES string of the molecule is Cc1[nH]c2c(F)c(F)c(F)cc2c(=O)c1CCC(=O)O. The highest BCUT2D eigenvalue weighted by atomic mass is 19.2. The van der Waals surface area contributed by atoms with Crippen LogP contribution in [0.5, 0.6) is 0 Å². The summed E-state index contributed by atoms with van der Waals surface area (Å²) in [6.45, 7) is 1.44. The van der Waals surface area contributed by atoms with Gasteiger partial charge in [0, 0.05) is 17.7 Å². The van der Waals surface area contributed by atoms with Gasteiger partial charge in [-0.1, -0.05) is 0 Å². The first-order chi connectivity index (χ1) is 9.32. The molecule has 7 heteroatoms. The monoisotopic (exact) mass is 285 g/mol. The Kier molecular flexibility index (Phi) is 3.52. The van der Waals surface area contributed by atoms with E-state index in [9.17, 15) is 22.8 Å². The summed E-state index contributed by atoms with van der Waals surface area (Å²) in [5.41, 5.74) is -0.778. The number of halogens is 3. The number of aliphatic carboxylic acids is 1. The van der Waals surface area contributed by atoms with E-state index in [1.807, 2.05) is 0 Å². The van der Waals surface area contributed by atoms with Gasteiger partial charge in [-0.15, -0.1) is 0 Å². The Hall–Kier alpha value is -2.31. The number of nitrogens with one attached hydrogen (secondary N) is 1. The first-order valence-electron chi connectivity index (χ1n) is 5.73. The van der Waals surface area contributed by atoms with E-state index in [0.717, 1.165) is 0 Å². The standard InChI is InChI=1S/C13H10F3NO3/c1-5-6(2-3-9(18)19)13(20)7-4-8(14)10(15)11(16)12(7)17-5/h4H,2-3H2,1H3,(H,17,20)(H,18,19). The second kappa shape index (κ2) is 4.99. The van der Waals surface area contributed by atoms with Crippen LogP contribution in [0.25, 0.3) is 10.9 Å². The molecule has 106 valence electrons. The molecule has 0 aliphatic heterocycles. The molecule has 0 saturated heterocycles. The fraction of sp³-hybridized carbons (Fsp3) is 0.231. The van der Waals surface area contributed by atoms with Gasteiger partial charge in [-0.3, -0.25) is 9.59 Å². The number of pyridine rings is 1. The summed E-state index contributed by atoms with van der Waals surface area (Å²) in [5.74, 6) is -5.69. The Bertz CT molecular complexity index is 768. The van der Waals surface area contributed by atoms with Gasteiger partial charge < -0.3 is 10.1 Å². The van der Waals surface area contributed by atoms with Crippen LogP contribution >= 0.6 is 0 Å². The molecule has 0 amide bonds. The van der Waals surface area contributed by atoms with Crippen molar-refractivity contribution in [3.8, 4) is 0 Å². The van der Waals surface area contributed by atoms with Crippen LogP contribution in [-0.2, 0) is 11.2 Å². The van der Waals surface area contributed by atoms with Crippen molar-refractivity contribution >= 4 is 16.9 Å². The third-order valence-electron chi connectivity index (χ3n) is 3.04. The predicted molar refractivity (Wildman–Crippen MR) is 65.1 cm³/mol. The highest BCUT2D eigenvalue weighted by Crippen LogP contribution is 2.21. The van der Waals surface area contributed by atoms with E-state index in [1.54, 1.807) is 0 Å². The smallest absolute Gasteiger partial charge is 0.303 e. The van der Waals surface area contributed by atoms with E-state index in [1.165, 1.54) is 6.92 Å². The average Bonchev–Trinajstić information content (AvgIpc) is 2.37. The topological polar surface area (TPSA) is 70.2 Å². The first-order valence-corrected chi connectivity index (χ1v) is 5.73. The first kappa shape index (κ1) is 14.1. The molecule has 4 nitrogen and oxygen atoms in total. The Balaban J connectivity index is 2.73. The summed E-state index contributed by atoms with van der Waals surface area (Å²) in [5, 5.41) is 8.27. The number of carboxylic acid groups (broad SMARTS) is 1. The Morgan fingerprint density at radius 3 is 2.55 bits per heavy atom. The number of H-pyrrole nitrogens is 1. The van der Waals surface area contributed by atoms with Crippen molar-refractivity contribution in [3.63, 3.8) is 0 Å². The molecule has 2 aromatic rings. The number of fused-ring (bicyclic) bond motifs is 1. The van der Waals surface area contributed by atoms with Gasteiger partial charge in [0.15, 0.2) is 22.9 Å². The van der Waals surface area contributed by atoms with Gasteiger partial charge in [-0.05, 0) is 19.4 Å². The fourth-order valence-corrected chi connectivity index (χ4v) is 2.03. The molecule has 0 radical (unpaired) electrons. The maximum atomic E-state index is 13.6. The van der Waals surface area contributed by atoms with Gasteiger partial charge in [0.1, 0.15) is 0 Å². The molecule has 2 N–H and O–H groups in total. The van der Waals surface area contributed by atoms with E-state index >= 15 is 0 Å². The molecule has 0 aliphatic rings. The summed E-state index contributed by atoms with van der Waals surface area (Å²) in [7, 11) is 0. The molecule has 0 unspecified atom stereocenters. The zero-order valence-corrected chi connectivity index (χ0v) is 10.4. The minimum absolute atomic E-state index is 0.0763. The van der Waals surface area contributed by atoms with Crippen LogP contribution in [0.3, 0.4) is 0 Å². The zero-order chi connectivity index (χ0) is 15.0. The van der Waals surface area contributed by atoms with Crippen LogP contribution in [-0.4, -0.2) is 16.1 Å². The van der Waals surface area contributed by atoms with Gasteiger partial charge in [-0.2, -0.15) is 0 Å². The number of aromatic amines is 1. The van der Waals surface area contributed by atoms with Crippen molar-refractivity contribution in [3.05, 3.63) is 45.0 Å². The Morgan fingerprint density at radius 1 is 1.30 bits per heavy atom. The summed E-state index contributed by atoms with van der Waals surface area (Å²) < 4.78 is 39.9. The summed E-state index contributed by atoms with van der Waals surface area (Å²) in [4.78, 5) is 25.1. The predicted octanol–water partition coefficient (Wildman–Crippen LogP) is 2.27. The van der Waals surface area contributed by atoms with Crippen LogP contribution in [0.15, 0.2) is 10.9 Å². The van der Waals surface area contributed by atoms with Crippen molar-refractivity contribution in [2.75, 3.05) is 0 Å². The van der Waals surface area contributed by atoms with Crippen molar-refractivity contribution < 1.29 is 23.1 Å². The minimum atomic E-state index is -1.66. The maximum absolute atomic E-state index is 13.6. The lowest BCUT2D eigenvalue weighted by Crippen LogP contribution is -2.16. The zero-order valence-electron chi connectivity index (χ0n) is 10.4. The van der Waals surface area contributed by atoms with E-state index in [-0.39, 0.29) is 29.5 Å². The largest absolute Gasteiger partial charge is 0.481 e. The number of carboxylic acids is 1. The Morgan fingerprint density at radius 2 is 1.95 bits per heavy atom. The molecule has 2 rings (SSSR count). The molecule has 1 aromatic carbocycles. The number of rotatable bonds is 3. The molecular weight excluding hydrogens is 275 g/mol. The molecule has 20 heavy (non-hydrogen) atoms. The van der Waals surface area contributed by atoms with E-state index in [4.69, 9.17) is 5.11 Å². The van der Waals surface area contributed by atoms with Crippen LogP contribution in [0.2, 0.25) is 0 Å². The van der Waals surface area contributed by atoms with Crippen molar-refractivity contribution in [1.29, 1.82) is 0 Å². The second-order valence-corrected chi connectivity index (χ2v) is 4.36. The molecule has 0 bridgehead atoms. The van der Waals surface area contributed by atoms with Crippen LogP contribution in [0.4, 0.5) is 13.2 Å². The maximum Gasteiger partial charge on any atom is 0.303 e. The Labute approximate surface area is 110 Å². The van der Waals surface area contributed by atoms with Crippen molar-refractivity contribution in [2.24, 2.45) is 0 Å². The third kappa shape index (κ3) is 2.26. The van der Waals surface area contributed by atoms with Gasteiger partial charge >= 0.3 is 5.97 Å². The molecule has 1 heterocycles.